The zero-order valence-electron chi connectivity index (χ0n) is 16.5. The SMILES string of the molecule is CCCCCCC(C)(c1nc2c(Cl)c(C)[nH]n2n1)c1ccc(C)cc1C. The lowest BCUT2D eigenvalue weighted by Gasteiger charge is -2.29. The maximum atomic E-state index is 6.39. The first-order valence-electron chi connectivity index (χ1n) is 9.56. The van der Waals surface area contributed by atoms with Crippen molar-refractivity contribution in [3.05, 3.63) is 51.4 Å². The number of aryl methyl sites for hydroxylation is 3. The van der Waals surface area contributed by atoms with E-state index in [1.54, 1.807) is 4.63 Å². The van der Waals surface area contributed by atoms with E-state index < -0.39 is 0 Å². The van der Waals surface area contributed by atoms with Crippen LogP contribution in [0.3, 0.4) is 0 Å². The van der Waals surface area contributed by atoms with E-state index in [0.29, 0.717) is 10.7 Å². The topological polar surface area (TPSA) is 46.0 Å². The summed E-state index contributed by atoms with van der Waals surface area (Å²) in [4.78, 5) is 4.83. The summed E-state index contributed by atoms with van der Waals surface area (Å²) in [6.07, 6.45) is 5.94. The van der Waals surface area contributed by atoms with Crippen LogP contribution in [-0.4, -0.2) is 19.8 Å². The van der Waals surface area contributed by atoms with Crippen LogP contribution in [0.4, 0.5) is 0 Å². The number of halogens is 1. The minimum atomic E-state index is -0.227. The van der Waals surface area contributed by atoms with Crippen molar-refractivity contribution < 1.29 is 0 Å². The molecular weight excluding hydrogens is 344 g/mol. The Morgan fingerprint density at radius 3 is 2.58 bits per heavy atom. The smallest absolute Gasteiger partial charge is 0.194 e. The Morgan fingerprint density at radius 1 is 1.15 bits per heavy atom. The molecule has 1 N–H and O–H groups in total. The molecule has 3 rings (SSSR count). The van der Waals surface area contributed by atoms with Gasteiger partial charge in [0, 0.05) is 0 Å². The van der Waals surface area contributed by atoms with Gasteiger partial charge in [-0.15, -0.1) is 5.10 Å². The van der Waals surface area contributed by atoms with Crippen molar-refractivity contribution in [3.8, 4) is 0 Å². The fraction of sp³-hybridized carbons (Fsp3) is 0.524. The molecule has 0 saturated heterocycles. The van der Waals surface area contributed by atoms with Crippen LogP contribution >= 0.6 is 11.6 Å². The van der Waals surface area contributed by atoms with Crippen molar-refractivity contribution in [3.63, 3.8) is 0 Å². The van der Waals surface area contributed by atoms with Crippen molar-refractivity contribution in [2.75, 3.05) is 0 Å². The third-order valence-electron chi connectivity index (χ3n) is 5.41. The molecule has 0 radical (unpaired) electrons. The lowest BCUT2D eigenvalue weighted by molar-refractivity contribution is 0.451. The summed E-state index contributed by atoms with van der Waals surface area (Å²) in [5.41, 5.74) is 5.26. The summed E-state index contributed by atoms with van der Waals surface area (Å²) in [6, 6.07) is 6.68. The molecule has 4 nitrogen and oxygen atoms in total. The van der Waals surface area contributed by atoms with Gasteiger partial charge in [0.2, 0.25) is 0 Å². The summed E-state index contributed by atoms with van der Waals surface area (Å²) >= 11 is 6.39. The minimum Gasteiger partial charge on any atom is -0.279 e. The van der Waals surface area contributed by atoms with E-state index in [0.717, 1.165) is 24.4 Å². The molecular formula is C21H29ClN4. The number of unbranched alkanes of at least 4 members (excludes halogenated alkanes) is 3. The Hall–Kier alpha value is -1.81. The predicted molar refractivity (Wildman–Crippen MR) is 108 cm³/mol. The van der Waals surface area contributed by atoms with E-state index in [1.807, 2.05) is 6.92 Å². The molecule has 0 amide bonds. The fourth-order valence-electron chi connectivity index (χ4n) is 3.85. The fourth-order valence-corrected chi connectivity index (χ4v) is 4.01. The Labute approximate surface area is 161 Å². The third-order valence-corrected chi connectivity index (χ3v) is 5.86. The standard InChI is InChI=1S/C21H29ClN4/c1-6-7-8-9-12-21(5,17-11-10-14(2)13-15(17)3)20-23-19-18(22)16(4)24-26(19)25-20/h10-11,13,24H,6-9,12H2,1-5H3. The second kappa shape index (κ2) is 7.43. The van der Waals surface area contributed by atoms with Crippen LogP contribution < -0.4 is 0 Å². The maximum Gasteiger partial charge on any atom is 0.194 e. The molecule has 1 atom stereocenters. The molecule has 26 heavy (non-hydrogen) atoms. The first-order valence-corrected chi connectivity index (χ1v) is 9.93. The summed E-state index contributed by atoms with van der Waals surface area (Å²) < 4.78 is 1.71. The zero-order valence-corrected chi connectivity index (χ0v) is 17.2. The number of fused-ring (bicyclic) bond motifs is 1. The van der Waals surface area contributed by atoms with Gasteiger partial charge in [-0.2, -0.15) is 4.63 Å². The van der Waals surface area contributed by atoms with Crippen LogP contribution in [0, 0.1) is 20.8 Å². The van der Waals surface area contributed by atoms with Crippen LogP contribution in [0.15, 0.2) is 18.2 Å². The Morgan fingerprint density at radius 2 is 1.92 bits per heavy atom. The third kappa shape index (κ3) is 3.39. The highest BCUT2D eigenvalue weighted by atomic mass is 35.5. The van der Waals surface area contributed by atoms with Gasteiger partial charge in [0.25, 0.3) is 0 Å². The summed E-state index contributed by atoms with van der Waals surface area (Å²) in [5, 5.41) is 8.60. The lowest BCUT2D eigenvalue weighted by atomic mass is 9.75. The Balaban J connectivity index is 2.06. The van der Waals surface area contributed by atoms with Gasteiger partial charge in [-0.1, -0.05) is 68.0 Å². The maximum absolute atomic E-state index is 6.39. The first kappa shape index (κ1) is 19.0. The van der Waals surface area contributed by atoms with Crippen LogP contribution in [0.25, 0.3) is 5.65 Å². The van der Waals surface area contributed by atoms with Crippen molar-refractivity contribution in [2.45, 2.75) is 72.1 Å². The molecule has 0 aliphatic carbocycles. The van der Waals surface area contributed by atoms with Crippen molar-refractivity contribution >= 4 is 17.2 Å². The number of nitrogens with one attached hydrogen (secondary N) is 1. The Bertz CT molecular complexity index is 908. The second-order valence-corrected chi connectivity index (χ2v) is 8.06. The number of nitrogens with zero attached hydrogens (tertiary/aromatic N) is 3. The van der Waals surface area contributed by atoms with Crippen LogP contribution in [0.1, 0.15) is 74.2 Å². The van der Waals surface area contributed by atoms with E-state index in [2.05, 4.69) is 51.0 Å². The number of aromatic nitrogens is 4. The van der Waals surface area contributed by atoms with Crippen LogP contribution in [0.2, 0.25) is 5.02 Å². The quantitative estimate of drug-likeness (QED) is 0.524. The summed E-state index contributed by atoms with van der Waals surface area (Å²) in [7, 11) is 0. The highest BCUT2D eigenvalue weighted by molar-refractivity contribution is 6.34. The van der Waals surface area contributed by atoms with E-state index >= 15 is 0 Å². The normalized spacial score (nSPS) is 14.1. The highest BCUT2D eigenvalue weighted by Crippen LogP contribution is 2.38. The Kier molecular flexibility index (Phi) is 5.42. The molecule has 5 heteroatoms. The number of rotatable bonds is 7. The van der Waals surface area contributed by atoms with E-state index in [-0.39, 0.29) is 5.41 Å². The molecule has 3 aromatic rings. The van der Waals surface area contributed by atoms with Gasteiger partial charge >= 0.3 is 0 Å². The molecule has 0 fully saturated rings. The summed E-state index contributed by atoms with van der Waals surface area (Å²) in [6.45, 7) is 10.8. The number of H-pyrrole nitrogens is 1. The second-order valence-electron chi connectivity index (χ2n) is 7.68. The van der Waals surface area contributed by atoms with Gasteiger partial charge in [-0.05, 0) is 45.2 Å². The molecule has 0 aliphatic heterocycles. The molecule has 0 spiro atoms. The van der Waals surface area contributed by atoms with Crippen LogP contribution in [-0.2, 0) is 5.41 Å². The largest absolute Gasteiger partial charge is 0.279 e. The number of hydrogen-bond acceptors (Lipinski definition) is 2. The molecule has 0 bridgehead atoms. The zero-order chi connectivity index (χ0) is 18.9. The monoisotopic (exact) mass is 372 g/mol. The van der Waals surface area contributed by atoms with Crippen molar-refractivity contribution in [2.24, 2.45) is 0 Å². The minimum absolute atomic E-state index is 0.227. The molecule has 1 unspecified atom stereocenters. The average molecular weight is 373 g/mol. The predicted octanol–water partition coefficient (Wildman–Crippen LogP) is 5.91. The number of benzene rings is 1. The molecule has 2 aromatic heterocycles. The molecule has 0 aliphatic rings. The molecule has 140 valence electrons. The lowest BCUT2D eigenvalue weighted by Crippen LogP contribution is -2.27. The van der Waals surface area contributed by atoms with E-state index in [9.17, 15) is 0 Å². The molecule has 1 aromatic carbocycles. The van der Waals surface area contributed by atoms with Gasteiger partial charge in [0.15, 0.2) is 11.5 Å². The van der Waals surface area contributed by atoms with Crippen molar-refractivity contribution in [1.29, 1.82) is 0 Å². The first-order chi connectivity index (χ1) is 12.4. The van der Waals surface area contributed by atoms with Crippen molar-refractivity contribution in [1.82, 2.24) is 19.8 Å². The van der Waals surface area contributed by atoms with Gasteiger partial charge in [0.05, 0.1) is 11.1 Å². The van der Waals surface area contributed by atoms with Crippen LogP contribution in [0.5, 0.6) is 0 Å². The van der Waals surface area contributed by atoms with E-state index in [1.165, 1.54) is 36.0 Å². The molecule has 0 saturated carbocycles. The van der Waals surface area contributed by atoms with E-state index in [4.69, 9.17) is 21.7 Å². The average Bonchev–Trinajstić information content (AvgIpc) is 3.12. The molecule has 2 heterocycles. The highest BCUT2D eigenvalue weighted by Gasteiger charge is 2.35. The van der Waals surface area contributed by atoms with Gasteiger partial charge in [-0.3, -0.25) is 5.10 Å². The summed E-state index contributed by atoms with van der Waals surface area (Å²) in [5.74, 6) is 0.842. The number of hydrogen-bond donors (Lipinski definition) is 1. The van der Waals surface area contributed by atoms with Gasteiger partial charge in [-0.25, -0.2) is 4.98 Å². The van der Waals surface area contributed by atoms with Gasteiger partial charge < -0.3 is 0 Å². The van der Waals surface area contributed by atoms with Gasteiger partial charge in [0.1, 0.15) is 5.02 Å². The number of aromatic amines is 1.